The van der Waals surface area contributed by atoms with Crippen molar-refractivity contribution < 1.29 is 9.15 Å². The fourth-order valence-corrected chi connectivity index (χ4v) is 4.07. The number of rotatable bonds is 6. The lowest BCUT2D eigenvalue weighted by atomic mass is 10.0. The summed E-state index contributed by atoms with van der Waals surface area (Å²) in [6, 6.07) is 12.8. The zero-order chi connectivity index (χ0) is 19.3. The van der Waals surface area contributed by atoms with Crippen LogP contribution in [0.15, 0.2) is 34.7 Å². The highest BCUT2D eigenvalue weighted by Gasteiger charge is 2.29. The third kappa shape index (κ3) is 4.45. The molecule has 1 aromatic carbocycles. The van der Waals surface area contributed by atoms with E-state index in [-0.39, 0.29) is 6.17 Å². The number of likely N-dealkylation sites (tertiary alicyclic amines) is 1. The summed E-state index contributed by atoms with van der Waals surface area (Å²) in [6.07, 6.45) is 3.29. The van der Waals surface area contributed by atoms with Crippen molar-refractivity contribution in [2.24, 2.45) is 0 Å². The highest BCUT2D eigenvalue weighted by atomic mass is 16.5. The maximum absolute atomic E-state index is 9.50. The van der Waals surface area contributed by atoms with E-state index in [1.54, 1.807) is 0 Å². The Balaban J connectivity index is 1.37. The fourth-order valence-electron chi connectivity index (χ4n) is 4.07. The standard InChI is InChI=1S/C22H28N4O2/c1-26-9-7-17(8-10-26)25-22-11-20-18(13-24-22)19(21(12-23)28-20)15-27-14-16-5-3-2-4-6-16/h2-6,17,22,24-25H,7-11,13-15H2,1H3. The molecule has 2 aliphatic heterocycles. The normalized spacial score (nSPS) is 20.6. The zero-order valence-corrected chi connectivity index (χ0v) is 16.4. The van der Waals surface area contributed by atoms with E-state index in [1.165, 1.54) is 12.8 Å². The lowest BCUT2D eigenvalue weighted by molar-refractivity contribution is 0.106. The Kier molecular flexibility index (Phi) is 6.08. The highest BCUT2D eigenvalue weighted by Crippen LogP contribution is 2.28. The maximum Gasteiger partial charge on any atom is 0.209 e. The van der Waals surface area contributed by atoms with Crippen molar-refractivity contribution in [1.82, 2.24) is 15.5 Å². The zero-order valence-electron chi connectivity index (χ0n) is 16.4. The van der Waals surface area contributed by atoms with E-state index >= 15 is 0 Å². The van der Waals surface area contributed by atoms with Gasteiger partial charge in [0, 0.05) is 30.1 Å². The molecule has 0 spiro atoms. The SMILES string of the molecule is CN1CCC(NC2Cc3oc(C#N)c(COCc4ccccc4)c3CN2)CC1. The Hall–Kier alpha value is -2.17. The first-order valence-electron chi connectivity index (χ1n) is 10.1. The molecule has 0 bridgehead atoms. The molecule has 3 heterocycles. The lowest BCUT2D eigenvalue weighted by Crippen LogP contribution is -2.53. The van der Waals surface area contributed by atoms with Crippen molar-refractivity contribution in [2.75, 3.05) is 20.1 Å². The van der Waals surface area contributed by atoms with Gasteiger partial charge >= 0.3 is 0 Å². The number of fused-ring (bicyclic) bond motifs is 1. The number of benzene rings is 1. The van der Waals surface area contributed by atoms with Gasteiger partial charge in [0.15, 0.2) is 0 Å². The molecule has 1 saturated heterocycles. The second kappa shape index (κ2) is 8.89. The van der Waals surface area contributed by atoms with Gasteiger partial charge < -0.3 is 14.1 Å². The molecule has 0 radical (unpaired) electrons. The van der Waals surface area contributed by atoms with Gasteiger partial charge in [0.25, 0.3) is 0 Å². The molecule has 148 valence electrons. The third-order valence-corrected chi connectivity index (χ3v) is 5.73. The predicted molar refractivity (Wildman–Crippen MR) is 106 cm³/mol. The summed E-state index contributed by atoms with van der Waals surface area (Å²) in [7, 11) is 2.18. The van der Waals surface area contributed by atoms with E-state index in [0.29, 0.717) is 31.6 Å². The minimum atomic E-state index is 0.191. The number of hydrogen-bond acceptors (Lipinski definition) is 6. The molecule has 0 saturated carbocycles. The van der Waals surface area contributed by atoms with Crippen LogP contribution in [0.3, 0.4) is 0 Å². The Morgan fingerprint density at radius 2 is 2.04 bits per heavy atom. The van der Waals surface area contributed by atoms with Crippen molar-refractivity contribution in [2.45, 2.75) is 51.2 Å². The van der Waals surface area contributed by atoms with Crippen LogP contribution < -0.4 is 10.6 Å². The molecule has 1 aromatic heterocycles. The first kappa shape index (κ1) is 19.2. The minimum absolute atomic E-state index is 0.191. The van der Waals surface area contributed by atoms with Crippen LogP contribution in [0.4, 0.5) is 0 Å². The van der Waals surface area contributed by atoms with Crippen LogP contribution in [0.25, 0.3) is 0 Å². The number of nitrogens with zero attached hydrogens (tertiary/aromatic N) is 2. The molecule has 2 N–H and O–H groups in total. The smallest absolute Gasteiger partial charge is 0.209 e. The number of piperidine rings is 1. The Bertz CT molecular complexity index is 819. The molecule has 0 aliphatic carbocycles. The van der Waals surface area contributed by atoms with Gasteiger partial charge in [0.1, 0.15) is 11.8 Å². The van der Waals surface area contributed by atoms with Crippen LogP contribution in [0, 0.1) is 11.3 Å². The number of nitrogens with one attached hydrogen (secondary N) is 2. The van der Waals surface area contributed by atoms with Gasteiger partial charge in [-0.05, 0) is 38.5 Å². The number of ether oxygens (including phenoxy) is 1. The van der Waals surface area contributed by atoms with Crippen LogP contribution in [-0.2, 0) is 30.9 Å². The average Bonchev–Trinajstić information content (AvgIpc) is 3.07. The Morgan fingerprint density at radius 1 is 1.25 bits per heavy atom. The van der Waals surface area contributed by atoms with E-state index < -0.39 is 0 Å². The molecule has 2 aliphatic rings. The molecule has 1 fully saturated rings. The molecule has 1 atom stereocenters. The lowest BCUT2D eigenvalue weighted by Gasteiger charge is -2.34. The fraction of sp³-hybridized carbons (Fsp3) is 0.500. The molecule has 0 amide bonds. The summed E-state index contributed by atoms with van der Waals surface area (Å²) in [4.78, 5) is 2.37. The van der Waals surface area contributed by atoms with E-state index in [4.69, 9.17) is 9.15 Å². The van der Waals surface area contributed by atoms with Gasteiger partial charge in [-0.15, -0.1) is 0 Å². The predicted octanol–water partition coefficient (Wildman–Crippen LogP) is 2.52. The van der Waals surface area contributed by atoms with Crippen LogP contribution in [0.2, 0.25) is 0 Å². The van der Waals surface area contributed by atoms with Gasteiger partial charge in [0.05, 0.1) is 19.4 Å². The van der Waals surface area contributed by atoms with Crippen molar-refractivity contribution in [1.29, 1.82) is 5.26 Å². The number of hydrogen-bond donors (Lipinski definition) is 2. The first-order chi connectivity index (χ1) is 13.7. The first-order valence-corrected chi connectivity index (χ1v) is 10.1. The summed E-state index contributed by atoms with van der Waals surface area (Å²) in [5, 5.41) is 16.8. The van der Waals surface area contributed by atoms with E-state index in [9.17, 15) is 5.26 Å². The number of furan rings is 1. The summed E-state index contributed by atoms with van der Waals surface area (Å²) in [5.41, 5.74) is 3.10. The summed E-state index contributed by atoms with van der Waals surface area (Å²) < 4.78 is 11.8. The van der Waals surface area contributed by atoms with Gasteiger partial charge in [-0.25, -0.2) is 0 Å². The molecule has 4 rings (SSSR count). The van der Waals surface area contributed by atoms with Crippen molar-refractivity contribution in [3.63, 3.8) is 0 Å². The minimum Gasteiger partial charge on any atom is -0.450 e. The second-order valence-electron chi connectivity index (χ2n) is 7.78. The summed E-state index contributed by atoms with van der Waals surface area (Å²) in [6.45, 7) is 3.90. The van der Waals surface area contributed by atoms with E-state index in [0.717, 1.165) is 42.0 Å². The van der Waals surface area contributed by atoms with Crippen molar-refractivity contribution in [3.8, 4) is 6.07 Å². The van der Waals surface area contributed by atoms with Crippen molar-refractivity contribution in [3.05, 3.63) is 58.5 Å². The van der Waals surface area contributed by atoms with Crippen LogP contribution in [-0.4, -0.2) is 37.2 Å². The molecule has 28 heavy (non-hydrogen) atoms. The molecular formula is C22H28N4O2. The third-order valence-electron chi connectivity index (χ3n) is 5.73. The van der Waals surface area contributed by atoms with Gasteiger partial charge in [-0.1, -0.05) is 30.3 Å². The van der Waals surface area contributed by atoms with Crippen LogP contribution >= 0.6 is 0 Å². The maximum atomic E-state index is 9.50. The van der Waals surface area contributed by atoms with Gasteiger partial charge in [-0.3, -0.25) is 10.6 Å². The molecule has 6 heteroatoms. The van der Waals surface area contributed by atoms with Gasteiger partial charge in [0.2, 0.25) is 5.76 Å². The van der Waals surface area contributed by atoms with Crippen molar-refractivity contribution >= 4 is 0 Å². The molecule has 1 unspecified atom stereocenters. The quantitative estimate of drug-likeness (QED) is 0.802. The Morgan fingerprint density at radius 3 is 2.79 bits per heavy atom. The molecule has 2 aromatic rings. The monoisotopic (exact) mass is 380 g/mol. The van der Waals surface area contributed by atoms with E-state index in [1.807, 2.05) is 30.3 Å². The molecular weight excluding hydrogens is 352 g/mol. The average molecular weight is 380 g/mol. The van der Waals surface area contributed by atoms with Crippen LogP contribution in [0.1, 0.15) is 41.1 Å². The molecule has 6 nitrogen and oxygen atoms in total. The number of nitriles is 1. The van der Waals surface area contributed by atoms with Crippen LogP contribution in [0.5, 0.6) is 0 Å². The van der Waals surface area contributed by atoms with E-state index in [2.05, 4.69) is 28.7 Å². The second-order valence-corrected chi connectivity index (χ2v) is 7.78. The van der Waals surface area contributed by atoms with Gasteiger partial charge in [-0.2, -0.15) is 5.26 Å². The topological polar surface area (TPSA) is 73.5 Å². The highest BCUT2D eigenvalue weighted by molar-refractivity contribution is 5.40. The summed E-state index contributed by atoms with van der Waals surface area (Å²) >= 11 is 0. The summed E-state index contributed by atoms with van der Waals surface area (Å²) in [5.74, 6) is 1.30. The largest absolute Gasteiger partial charge is 0.450 e. The Labute approximate surface area is 166 Å².